The van der Waals surface area contributed by atoms with Crippen molar-refractivity contribution in [3.8, 4) is 0 Å². The van der Waals surface area contributed by atoms with Crippen LogP contribution in [0.5, 0.6) is 0 Å². The van der Waals surface area contributed by atoms with Gasteiger partial charge in [-0.1, -0.05) is 31.9 Å². The number of carbonyl (C=O) groups excluding carboxylic acids is 1. The summed E-state index contributed by atoms with van der Waals surface area (Å²) in [7, 11) is 1.71. The maximum atomic E-state index is 13.2. The molecule has 0 radical (unpaired) electrons. The molecule has 1 aromatic carbocycles. The third-order valence-electron chi connectivity index (χ3n) is 4.69. The van der Waals surface area contributed by atoms with E-state index in [4.69, 9.17) is 0 Å². The lowest BCUT2D eigenvalue weighted by Crippen LogP contribution is -2.37. The quantitative estimate of drug-likeness (QED) is 0.559. The molecule has 2 heterocycles. The van der Waals surface area contributed by atoms with Gasteiger partial charge in [0.15, 0.2) is 5.65 Å². The monoisotopic (exact) mass is 385 g/mol. The van der Waals surface area contributed by atoms with Crippen molar-refractivity contribution in [1.29, 1.82) is 0 Å². The van der Waals surface area contributed by atoms with E-state index in [-0.39, 0.29) is 23.8 Å². The van der Waals surface area contributed by atoms with Crippen LogP contribution in [0.2, 0.25) is 0 Å². The molecule has 0 aliphatic heterocycles. The molecule has 3 rings (SSSR count). The Morgan fingerprint density at radius 3 is 2.68 bits per heavy atom. The van der Waals surface area contributed by atoms with Gasteiger partial charge in [0.25, 0.3) is 5.56 Å². The van der Waals surface area contributed by atoms with Crippen molar-refractivity contribution in [2.24, 2.45) is 7.05 Å². The van der Waals surface area contributed by atoms with Gasteiger partial charge in [-0.3, -0.25) is 18.8 Å². The number of rotatable bonds is 8. The molecule has 0 unspecified atom stereocenters. The highest BCUT2D eigenvalue weighted by Gasteiger charge is 2.17. The molecule has 1 amide bonds. The van der Waals surface area contributed by atoms with Gasteiger partial charge in [0.1, 0.15) is 24.1 Å². The molecule has 8 heteroatoms. The molecule has 148 valence electrons. The third kappa shape index (κ3) is 4.44. The summed E-state index contributed by atoms with van der Waals surface area (Å²) in [5.74, 6) is -0.484. The Bertz CT molecular complexity index is 1010. The second-order valence-electron chi connectivity index (χ2n) is 6.83. The minimum atomic E-state index is -0.310. The average Bonchev–Trinajstić information content (AvgIpc) is 3.06. The Morgan fingerprint density at radius 1 is 1.21 bits per heavy atom. The zero-order valence-electron chi connectivity index (χ0n) is 16.1. The molecule has 2 aromatic heterocycles. The van der Waals surface area contributed by atoms with Crippen LogP contribution in [0.1, 0.15) is 31.7 Å². The van der Waals surface area contributed by atoms with Crippen molar-refractivity contribution in [2.75, 3.05) is 6.54 Å². The molecule has 0 atom stereocenters. The van der Waals surface area contributed by atoms with Gasteiger partial charge in [0.2, 0.25) is 5.91 Å². The molecular formula is C20H24FN5O2. The van der Waals surface area contributed by atoms with E-state index in [0.29, 0.717) is 24.1 Å². The molecule has 3 aromatic rings. The number of fused-ring (bicyclic) bond motifs is 1. The van der Waals surface area contributed by atoms with Crippen molar-refractivity contribution in [3.05, 3.63) is 58.5 Å². The molecule has 7 nitrogen and oxygen atoms in total. The largest absolute Gasteiger partial charge is 0.337 e. The van der Waals surface area contributed by atoms with Crippen LogP contribution in [-0.2, 0) is 24.9 Å². The van der Waals surface area contributed by atoms with Gasteiger partial charge in [-0.05, 0) is 24.1 Å². The fourth-order valence-corrected chi connectivity index (χ4v) is 3.08. The molecule has 0 fully saturated rings. The van der Waals surface area contributed by atoms with Crippen LogP contribution < -0.4 is 5.56 Å². The van der Waals surface area contributed by atoms with Crippen LogP contribution in [0.15, 0.2) is 41.6 Å². The van der Waals surface area contributed by atoms with Crippen LogP contribution >= 0.6 is 0 Å². The predicted octanol–water partition coefficient (Wildman–Crippen LogP) is 2.49. The smallest absolute Gasteiger partial charge is 0.264 e. The number of nitrogens with zero attached hydrogens (tertiary/aromatic N) is 5. The number of hydrogen-bond acceptors (Lipinski definition) is 4. The number of hydrogen-bond donors (Lipinski definition) is 0. The minimum Gasteiger partial charge on any atom is -0.337 e. The van der Waals surface area contributed by atoms with E-state index in [1.807, 2.05) is 0 Å². The second-order valence-corrected chi connectivity index (χ2v) is 6.83. The number of halogens is 1. The van der Waals surface area contributed by atoms with E-state index in [1.165, 1.54) is 33.9 Å². The first-order chi connectivity index (χ1) is 13.5. The van der Waals surface area contributed by atoms with Gasteiger partial charge in [0, 0.05) is 20.1 Å². The Morgan fingerprint density at radius 2 is 1.96 bits per heavy atom. The van der Waals surface area contributed by atoms with E-state index >= 15 is 0 Å². The van der Waals surface area contributed by atoms with E-state index in [0.717, 1.165) is 24.8 Å². The standard InChI is InChI=1S/C20H24FN5O2/c1-3-4-5-10-25(12-15-6-8-16(21)9-7-15)18(27)13-26-14-22-19-17(20(26)28)11-23-24(19)2/h6-9,11,14H,3-5,10,12-13H2,1-2H3. The van der Waals surface area contributed by atoms with Gasteiger partial charge < -0.3 is 4.90 Å². The third-order valence-corrected chi connectivity index (χ3v) is 4.69. The molecule has 0 saturated carbocycles. The summed E-state index contributed by atoms with van der Waals surface area (Å²) >= 11 is 0. The Labute approximate surface area is 162 Å². The van der Waals surface area contributed by atoms with Crippen molar-refractivity contribution in [3.63, 3.8) is 0 Å². The average molecular weight is 385 g/mol. The lowest BCUT2D eigenvalue weighted by molar-refractivity contribution is -0.132. The van der Waals surface area contributed by atoms with E-state index in [2.05, 4.69) is 17.0 Å². The number of benzene rings is 1. The molecule has 28 heavy (non-hydrogen) atoms. The van der Waals surface area contributed by atoms with Crippen molar-refractivity contribution < 1.29 is 9.18 Å². The first-order valence-corrected chi connectivity index (χ1v) is 9.39. The number of unbranched alkanes of at least 4 members (excludes halogenated alkanes) is 2. The van der Waals surface area contributed by atoms with Crippen molar-refractivity contribution in [2.45, 2.75) is 39.3 Å². The van der Waals surface area contributed by atoms with Gasteiger partial charge in [-0.2, -0.15) is 5.10 Å². The summed E-state index contributed by atoms with van der Waals surface area (Å²) < 4.78 is 16.0. The van der Waals surface area contributed by atoms with Crippen LogP contribution in [0, 0.1) is 5.82 Å². The fraction of sp³-hybridized carbons (Fsp3) is 0.400. The van der Waals surface area contributed by atoms with E-state index < -0.39 is 0 Å². The number of amides is 1. The maximum absolute atomic E-state index is 13.2. The highest BCUT2D eigenvalue weighted by molar-refractivity contribution is 5.77. The molecule has 0 saturated heterocycles. The molecular weight excluding hydrogens is 361 g/mol. The molecule has 0 bridgehead atoms. The normalized spacial score (nSPS) is 11.1. The Balaban J connectivity index is 1.79. The second kappa shape index (κ2) is 8.77. The fourth-order valence-electron chi connectivity index (χ4n) is 3.08. The summed E-state index contributed by atoms with van der Waals surface area (Å²) in [5.41, 5.74) is 1.04. The molecule has 0 aliphatic rings. The highest BCUT2D eigenvalue weighted by atomic mass is 19.1. The number of aryl methyl sites for hydroxylation is 1. The van der Waals surface area contributed by atoms with Crippen LogP contribution in [-0.4, -0.2) is 36.7 Å². The molecule has 0 aliphatic carbocycles. The van der Waals surface area contributed by atoms with Gasteiger partial charge in [-0.15, -0.1) is 0 Å². The Hall–Kier alpha value is -3.03. The summed E-state index contributed by atoms with van der Waals surface area (Å²) in [6.07, 6.45) is 5.77. The summed E-state index contributed by atoms with van der Waals surface area (Å²) in [6.45, 7) is 2.96. The van der Waals surface area contributed by atoms with Gasteiger partial charge in [0.05, 0.1) is 6.20 Å². The van der Waals surface area contributed by atoms with Crippen LogP contribution in [0.3, 0.4) is 0 Å². The topological polar surface area (TPSA) is 73.0 Å². The first kappa shape index (κ1) is 19.7. The zero-order valence-corrected chi connectivity index (χ0v) is 16.1. The summed E-state index contributed by atoms with van der Waals surface area (Å²) in [5, 5.41) is 4.42. The SMILES string of the molecule is CCCCCN(Cc1ccc(F)cc1)C(=O)Cn1cnc2c(cnn2C)c1=O. The predicted molar refractivity (Wildman–Crippen MR) is 104 cm³/mol. The summed E-state index contributed by atoms with van der Waals surface area (Å²) in [4.78, 5) is 31.5. The number of carbonyl (C=O) groups is 1. The zero-order chi connectivity index (χ0) is 20.1. The first-order valence-electron chi connectivity index (χ1n) is 9.39. The minimum absolute atomic E-state index is 0.0933. The summed E-state index contributed by atoms with van der Waals surface area (Å²) in [6, 6.07) is 6.11. The Kier molecular flexibility index (Phi) is 6.18. The number of aromatic nitrogens is 4. The van der Waals surface area contributed by atoms with Crippen LogP contribution in [0.25, 0.3) is 11.0 Å². The van der Waals surface area contributed by atoms with E-state index in [9.17, 15) is 14.0 Å². The van der Waals surface area contributed by atoms with Gasteiger partial charge >= 0.3 is 0 Å². The van der Waals surface area contributed by atoms with E-state index in [1.54, 1.807) is 24.1 Å². The highest BCUT2D eigenvalue weighted by Crippen LogP contribution is 2.10. The van der Waals surface area contributed by atoms with Crippen LogP contribution in [0.4, 0.5) is 4.39 Å². The van der Waals surface area contributed by atoms with Crippen molar-refractivity contribution in [1.82, 2.24) is 24.2 Å². The molecule has 0 N–H and O–H groups in total. The van der Waals surface area contributed by atoms with Gasteiger partial charge in [-0.25, -0.2) is 9.37 Å². The maximum Gasteiger partial charge on any atom is 0.264 e. The molecule has 0 spiro atoms. The lowest BCUT2D eigenvalue weighted by Gasteiger charge is -2.23. The van der Waals surface area contributed by atoms with Crippen molar-refractivity contribution >= 4 is 16.9 Å². The lowest BCUT2D eigenvalue weighted by atomic mass is 10.2.